The summed E-state index contributed by atoms with van der Waals surface area (Å²) in [7, 11) is 0. The molecule has 5 rings (SSSR count). The van der Waals surface area contributed by atoms with Crippen LogP contribution in [0.15, 0.2) is 42.7 Å². The van der Waals surface area contributed by atoms with Gasteiger partial charge < -0.3 is 14.5 Å². The van der Waals surface area contributed by atoms with E-state index in [4.69, 9.17) is 4.74 Å². The number of amides is 1. The van der Waals surface area contributed by atoms with Crippen molar-refractivity contribution in [2.75, 3.05) is 31.1 Å². The zero-order valence-electron chi connectivity index (χ0n) is 21.8. The Kier molecular flexibility index (Phi) is 8.03. The molecule has 0 radical (unpaired) electrons. The van der Waals surface area contributed by atoms with Gasteiger partial charge in [-0.05, 0) is 86.1 Å². The first-order valence-corrected chi connectivity index (χ1v) is 13.8. The number of nitrogens with zero attached hydrogens (tertiary/aromatic N) is 5. The number of aromatic nitrogens is 2. The second kappa shape index (κ2) is 11.8. The number of piperidine rings is 1. The van der Waals surface area contributed by atoms with Crippen molar-refractivity contribution in [2.45, 2.75) is 64.3 Å². The molecule has 194 valence electrons. The van der Waals surface area contributed by atoms with Crippen molar-refractivity contribution < 1.29 is 9.53 Å². The third kappa shape index (κ3) is 5.95. The number of allylic oxidation sites excluding steroid dienone is 2. The molecule has 1 aromatic carbocycles. The molecule has 0 N–H and O–H groups in total. The summed E-state index contributed by atoms with van der Waals surface area (Å²) in [5.41, 5.74) is 3.68. The molecule has 3 aliphatic rings. The molecule has 1 amide bonds. The smallest absolute Gasteiger partial charge is 0.227 e. The lowest BCUT2D eigenvalue weighted by Crippen LogP contribution is -2.39. The first-order valence-electron chi connectivity index (χ1n) is 13.8. The minimum absolute atomic E-state index is 0.00832. The minimum atomic E-state index is -0.232. The molecule has 37 heavy (non-hydrogen) atoms. The van der Waals surface area contributed by atoms with Gasteiger partial charge in [0.15, 0.2) is 0 Å². The number of carbonyl (C=O) groups is 1. The van der Waals surface area contributed by atoms with Crippen LogP contribution >= 0.6 is 0 Å². The second-order valence-electron chi connectivity index (χ2n) is 10.5. The number of hydrogen-bond donors (Lipinski definition) is 0. The highest BCUT2D eigenvalue weighted by atomic mass is 16.5. The molecule has 2 aromatic rings. The van der Waals surface area contributed by atoms with Crippen molar-refractivity contribution in [1.82, 2.24) is 14.9 Å². The van der Waals surface area contributed by atoms with Gasteiger partial charge in [0, 0.05) is 37.9 Å². The molecule has 2 fully saturated rings. The highest BCUT2D eigenvalue weighted by Crippen LogP contribution is 2.33. The van der Waals surface area contributed by atoms with E-state index in [2.05, 4.69) is 58.2 Å². The fraction of sp³-hybridized carbons (Fsp3) is 0.533. The largest absolute Gasteiger partial charge is 0.493 e. The van der Waals surface area contributed by atoms with Gasteiger partial charge in [0.05, 0.1) is 12.7 Å². The van der Waals surface area contributed by atoms with Crippen molar-refractivity contribution in [3.63, 3.8) is 0 Å². The SMILES string of the molecule is CCc1cnc(N2CCC(COc3ccc(C4=CCC(C(=O)N5CCC[C@H]5C#N)CC4)cc3)CC2)nc1. The number of aryl methyl sites for hydroxylation is 1. The molecular formula is C30H37N5O2. The summed E-state index contributed by atoms with van der Waals surface area (Å²) < 4.78 is 6.14. The lowest BCUT2D eigenvalue weighted by molar-refractivity contribution is -0.135. The number of carbonyl (C=O) groups excluding carboxylic acids is 1. The predicted molar refractivity (Wildman–Crippen MR) is 144 cm³/mol. The van der Waals surface area contributed by atoms with Crippen molar-refractivity contribution in [2.24, 2.45) is 11.8 Å². The monoisotopic (exact) mass is 499 g/mol. The Labute approximate surface area is 220 Å². The normalized spacial score (nSPS) is 22.4. The Morgan fingerprint density at radius 1 is 1.08 bits per heavy atom. The summed E-state index contributed by atoms with van der Waals surface area (Å²) in [6.07, 6.45) is 13.5. The van der Waals surface area contributed by atoms with Crippen LogP contribution in [0.4, 0.5) is 5.95 Å². The van der Waals surface area contributed by atoms with Crippen molar-refractivity contribution in [3.05, 3.63) is 53.9 Å². The van der Waals surface area contributed by atoms with Gasteiger partial charge in [-0.1, -0.05) is 25.1 Å². The lowest BCUT2D eigenvalue weighted by atomic mass is 9.85. The third-order valence-corrected chi connectivity index (χ3v) is 8.15. The molecule has 1 aromatic heterocycles. The topological polar surface area (TPSA) is 82.4 Å². The van der Waals surface area contributed by atoms with E-state index in [1.54, 1.807) is 4.90 Å². The van der Waals surface area contributed by atoms with E-state index in [9.17, 15) is 10.1 Å². The maximum absolute atomic E-state index is 12.9. The molecule has 7 heteroatoms. The van der Waals surface area contributed by atoms with Gasteiger partial charge in [0.1, 0.15) is 11.8 Å². The highest BCUT2D eigenvalue weighted by molar-refractivity contribution is 5.81. The first-order chi connectivity index (χ1) is 18.1. The van der Waals surface area contributed by atoms with Crippen LogP contribution < -0.4 is 9.64 Å². The summed E-state index contributed by atoms with van der Waals surface area (Å²) in [5, 5.41) is 9.30. The molecule has 2 saturated heterocycles. The molecule has 1 aliphatic carbocycles. The number of rotatable bonds is 7. The molecule has 2 atom stereocenters. The molecule has 2 aliphatic heterocycles. The molecule has 1 unspecified atom stereocenters. The maximum atomic E-state index is 12.9. The fourth-order valence-corrected chi connectivity index (χ4v) is 5.69. The molecule has 0 saturated carbocycles. The van der Waals surface area contributed by atoms with Gasteiger partial charge in [-0.2, -0.15) is 5.26 Å². The molecule has 0 bridgehead atoms. The van der Waals surface area contributed by atoms with E-state index in [0.717, 1.165) is 89.3 Å². The Bertz CT molecular complexity index is 1130. The molecule has 3 heterocycles. The van der Waals surface area contributed by atoms with Gasteiger partial charge >= 0.3 is 0 Å². The van der Waals surface area contributed by atoms with Crippen molar-refractivity contribution in [3.8, 4) is 11.8 Å². The first kappa shape index (κ1) is 25.3. The Balaban J connectivity index is 1.07. The number of likely N-dealkylation sites (tertiary alicyclic amines) is 1. The van der Waals surface area contributed by atoms with Crippen LogP contribution in [0.25, 0.3) is 5.57 Å². The van der Waals surface area contributed by atoms with Crippen LogP contribution in [0.3, 0.4) is 0 Å². The van der Waals surface area contributed by atoms with E-state index in [1.165, 1.54) is 16.7 Å². The number of anilines is 1. The van der Waals surface area contributed by atoms with Crippen molar-refractivity contribution in [1.29, 1.82) is 5.26 Å². The van der Waals surface area contributed by atoms with E-state index in [-0.39, 0.29) is 17.9 Å². The highest BCUT2D eigenvalue weighted by Gasteiger charge is 2.33. The molecule has 0 spiro atoms. The van der Waals surface area contributed by atoms with E-state index < -0.39 is 0 Å². The maximum Gasteiger partial charge on any atom is 0.227 e. The fourth-order valence-electron chi connectivity index (χ4n) is 5.69. The van der Waals surface area contributed by atoms with Gasteiger partial charge in [0.25, 0.3) is 0 Å². The Hall–Kier alpha value is -3.40. The lowest BCUT2D eigenvalue weighted by Gasteiger charge is -2.31. The number of hydrogen-bond acceptors (Lipinski definition) is 6. The van der Waals surface area contributed by atoms with Crippen LogP contribution in [-0.2, 0) is 11.2 Å². The van der Waals surface area contributed by atoms with Crippen LogP contribution in [0.1, 0.15) is 63.0 Å². The Morgan fingerprint density at radius 2 is 1.84 bits per heavy atom. The average Bonchev–Trinajstić information content (AvgIpc) is 3.45. The average molecular weight is 500 g/mol. The molecule has 7 nitrogen and oxygen atoms in total. The summed E-state index contributed by atoms with van der Waals surface area (Å²) in [6.45, 7) is 5.50. The van der Waals surface area contributed by atoms with Crippen LogP contribution in [0.2, 0.25) is 0 Å². The van der Waals surface area contributed by atoms with Gasteiger partial charge in [-0.15, -0.1) is 0 Å². The van der Waals surface area contributed by atoms with Crippen LogP contribution in [0, 0.1) is 23.2 Å². The summed E-state index contributed by atoms with van der Waals surface area (Å²) >= 11 is 0. The van der Waals surface area contributed by atoms with E-state index in [0.29, 0.717) is 5.92 Å². The summed E-state index contributed by atoms with van der Waals surface area (Å²) in [5.74, 6) is 2.45. The Morgan fingerprint density at radius 3 is 2.49 bits per heavy atom. The van der Waals surface area contributed by atoms with Crippen LogP contribution in [-0.4, -0.2) is 53.1 Å². The van der Waals surface area contributed by atoms with Gasteiger partial charge in [-0.25, -0.2) is 9.97 Å². The number of benzene rings is 1. The zero-order valence-corrected chi connectivity index (χ0v) is 21.8. The predicted octanol–water partition coefficient (Wildman–Crippen LogP) is 5.03. The summed E-state index contributed by atoms with van der Waals surface area (Å²) in [4.78, 5) is 26.0. The van der Waals surface area contributed by atoms with E-state index in [1.807, 2.05) is 12.4 Å². The summed E-state index contributed by atoms with van der Waals surface area (Å²) in [6, 6.07) is 10.5. The van der Waals surface area contributed by atoms with Crippen molar-refractivity contribution >= 4 is 17.4 Å². The van der Waals surface area contributed by atoms with Gasteiger partial charge in [0.2, 0.25) is 11.9 Å². The standard InChI is InChI=1S/C30H37N5O2/c1-2-22-19-32-30(33-20-22)34-16-13-23(14-17-34)21-37-28-11-9-25(10-12-28)24-5-7-26(8-6-24)29(36)35-15-3-4-27(35)18-31/h5,9-12,19-20,23,26-27H,2-4,6-8,13-17,21H2,1H3/t26?,27-/m0/s1. The third-order valence-electron chi connectivity index (χ3n) is 8.15. The van der Waals surface area contributed by atoms with E-state index >= 15 is 0 Å². The molecular weight excluding hydrogens is 462 g/mol. The number of nitriles is 1. The minimum Gasteiger partial charge on any atom is -0.493 e. The number of ether oxygens (including phenoxy) is 1. The van der Waals surface area contributed by atoms with Crippen LogP contribution in [0.5, 0.6) is 5.75 Å². The second-order valence-corrected chi connectivity index (χ2v) is 10.5. The quantitative estimate of drug-likeness (QED) is 0.531. The zero-order chi connectivity index (χ0) is 25.6. The van der Waals surface area contributed by atoms with Gasteiger partial charge in [-0.3, -0.25) is 4.79 Å².